The number of benzene rings is 1. The van der Waals surface area contributed by atoms with Crippen LogP contribution in [0.4, 0.5) is 0 Å². The number of hydrogen-bond acceptors (Lipinski definition) is 4. The molecule has 2 rings (SSSR count). The first-order chi connectivity index (χ1) is 9.18. The van der Waals surface area contributed by atoms with Gasteiger partial charge in [-0.1, -0.05) is 25.1 Å². The topological polar surface area (TPSA) is 50.7 Å². The van der Waals surface area contributed by atoms with E-state index in [9.17, 15) is 5.11 Å². The van der Waals surface area contributed by atoms with Gasteiger partial charge in [-0.25, -0.2) is 0 Å². The van der Waals surface area contributed by atoms with Gasteiger partial charge in [-0.2, -0.15) is 0 Å². The molecule has 2 N–H and O–H groups in total. The number of ether oxygens (including phenoxy) is 2. The van der Waals surface area contributed by atoms with Crippen molar-refractivity contribution in [2.45, 2.75) is 18.9 Å². The van der Waals surface area contributed by atoms with Gasteiger partial charge in [0.2, 0.25) is 0 Å². The van der Waals surface area contributed by atoms with Crippen LogP contribution in [0.2, 0.25) is 0 Å². The van der Waals surface area contributed by atoms with E-state index in [1.807, 2.05) is 24.3 Å². The van der Waals surface area contributed by atoms with Crippen LogP contribution >= 0.6 is 0 Å². The van der Waals surface area contributed by atoms with E-state index in [4.69, 9.17) is 9.47 Å². The number of para-hydroxylation sites is 1. The van der Waals surface area contributed by atoms with Gasteiger partial charge in [0.15, 0.2) is 0 Å². The summed E-state index contributed by atoms with van der Waals surface area (Å²) < 4.78 is 10.7. The van der Waals surface area contributed by atoms with Crippen molar-refractivity contribution in [3.05, 3.63) is 29.8 Å². The van der Waals surface area contributed by atoms with Gasteiger partial charge in [0, 0.05) is 25.1 Å². The van der Waals surface area contributed by atoms with Gasteiger partial charge in [0.05, 0.1) is 12.2 Å². The van der Waals surface area contributed by atoms with Crippen molar-refractivity contribution in [2.24, 2.45) is 5.92 Å². The highest BCUT2D eigenvalue weighted by molar-refractivity contribution is 5.39. The number of aliphatic hydroxyl groups is 1. The Bertz CT molecular complexity index is 410. The summed E-state index contributed by atoms with van der Waals surface area (Å²) in [5.41, 5.74) is 0.0784. The number of methoxy groups -OCH3 is 1. The van der Waals surface area contributed by atoms with Crippen molar-refractivity contribution in [1.82, 2.24) is 5.32 Å². The predicted molar refractivity (Wildman–Crippen MR) is 74.4 cm³/mol. The first-order valence-electron chi connectivity index (χ1n) is 6.83. The quantitative estimate of drug-likeness (QED) is 0.793. The molecule has 0 aliphatic carbocycles. The van der Waals surface area contributed by atoms with Gasteiger partial charge in [0.1, 0.15) is 12.4 Å². The number of nitrogens with one attached hydrogen (secondary N) is 1. The van der Waals surface area contributed by atoms with Gasteiger partial charge < -0.3 is 19.9 Å². The van der Waals surface area contributed by atoms with E-state index in [0.29, 0.717) is 19.6 Å². The molecule has 1 aromatic rings. The average molecular weight is 265 g/mol. The van der Waals surface area contributed by atoms with Crippen molar-refractivity contribution >= 4 is 0 Å². The molecule has 1 aliphatic rings. The second kappa shape index (κ2) is 6.37. The van der Waals surface area contributed by atoms with Crippen LogP contribution in [0.15, 0.2) is 24.3 Å². The summed E-state index contributed by atoms with van der Waals surface area (Å²) in [5, 5.41) is 14.3. The molecule has 1 aliphatic heterocycles. The molecule has 0 spiro atoms. The minimum absolute atomic E-state index is 0.161. The molecule has 1 saturated heterocycles. The summed E-state index contributed by atoms with van der Waals surface area (Å²) in [6.07, 6.45) is 0.707. The highest BCUT2D eigenvalue weighted by atomic mass is 16.5. The molecule has 1 fully saturated rings. The molecule has 4 heteroatoms. The molecule has 1 heterocycles. The fourth-order valence-corrected chi connectivity index (χ4v) is 2.60. The molecule has 106 valence electrons. The maximum absolute atomic E-state index is 11.0. The summed E-state index contributed by atoms with van der Waals surface area (Å²) in [4.78, 5) is 0. The van der Waals surface area contributed by atoms with Crippen LogP contribution in [0.25, 0.3) is 0 Å². The first-order valence-corrected chi connectivity index (χ1v) is 6.83. The maximum atomic E-state index is 11.0. The lowest BCUT2D eigenvalue weighted by Crippen LogP contribution is -2.47. The molecule has 4 nitrogen and oxygen atoms in total. The summed E-state index contributed by atoms with van der Waals surface area (Å²) >= 11 is 0. The molecule has 0 amide bonds. The Balaban J connectivity index is 2.22. The average Bonchev–Trinajstić information content (AvgIpc) is 2.43. The zero-order valence-electron chi connectivity index (χ0n) is 11.7. The molecule has 2 atom stereocenters. The molecule has 1 aromatic carbocycles. The molecule has 0 bridgehead atoms. The van der Waals surface area contributed by atoms with Crippen molar-refractivity contribution < 1.29 is 14.6 Å². The molecule has 0 saturated carbocycles. The summed E-state index contributed by atoms with van der Waals surface area (Å²) in [6, 6.07) is 7.76. The van der Waals surface area contributed by atoms with Crippen molar-refractivity contribution in [1.29, 1.82) is 0 Å². The van der Waals surface area contributed by atoms with Crippen LogP contribution in [0.1, 0.15) is 18.9 Å². The summed E-state index contributed by atoms with van der Waals surface area (Å²) in [6.45, 7) is 4.76. The lowest BCUT2D eigenvalue weighted by molar-refractivity contribution is -0.0414. The second-order valence-electron chi connectivity index (χ2n) is 5.12. The number of piperidine rings is 1. The van der Waals surface area contributed by atoms with Crippen molar-refractivity contribution in [3.8, 4) is 5.75 Å². The number of hydrogen-bond donors (Lipinski definition) is 2. The molecular formula is C15H23NO3. The second-order valence-corrected chi connectivity index (χ2v) is 5.12. The third-order valence-corrected chi connectivity index (χ3v) is 3.85. The smallest absolute Gasteiger partial charge is 0.125 e. The molecule has 19 heavy (non-hydrogen) atoms. The van der Waals surface area contributed by atoms with Gasteiger partial charge in [0.25, 0.3) is 0 Å². The van der Waals surface area contributed by atoms with E-state index in [1.54, 1.807) is 7.11 Å². The standard InChI is InChI=1S/C15H23NO3/c1-12-11-16-8-7-15(12,17)13-5-3-4-6-14(13)19-10-9-18-2/h3-6,12,16-17H,7-11H2,1-2H3. The third-order valence-electron chi connectivity index (χ3n) is 3.85. The largest absolute Gasteiger partial charge is 0.491 e. The molecule has 0 aromatic heterocycles. The van der Waals surface area contributed by atoms with Gasteiger partial charge in [-0.05, 0) is 19.0 Å². The SMILES string of the molecule is COCCOc1ccccc1C1(O)CCNCC1C. The minimum atomic E-state index is -0.811. The van der Waals surface area contributed by atoms with Crippen LogP contribution in [0, 0.1) is 5.92 Å². The Morgan fingerprint density at radius 2 is 2.16 bits per heavy atom. The normalized spacial score (nSPS) is 27.2. The highest BCUT2D eigenvalue weighted by Gasteiger charge is 2.39. The van der Waals surface area contributed by atoms with Gasteiger partial charge in [-0.15, -0.1) is 0 Å². The Labute approximate surface area is 114 Å². The Kier molecular flexibility index (Phi) is 4.80. The molecular weight excluding hydrogens is 242 g/mol. The highest BCUT2D eigenvalue weighted by Crippen LogP contribution is 2.39. The predicted octanol–water partition coefficient (Wildman–Crippen LogP) is 1.53. The van der Waals surface area contributed by atoms with Crippen LogP contribution < -0.4 is 10.1 Å². The van der Waals surface area contributed by atoms with Crippen LogP contribution in [0.3, 0.4) is 0 Å². The summed E-state index contributed by atoms with van der Waals surface area (Å²) in [5.74, 6) is 0.921. The fourth-order valence-electron chi connectivity index (χ4n) is 2.60. The minimum Gasteiger partial charge on any atom is -0.491 e. The van der Waals surface area contributed by atoms with E-state index >= 15 is 0 Å². The zero-order chi connectivity index (χ0) is 13.7. The third kappa shape index (κ3) is 3.08. The van der Waals surface area contributed by atoms with Crippen molar-refractivity contribution in [3.63, 3.8) is 0 Å². The lowest BCUT2D eigenvalue weighted by atomic mass is 9.77. The zero-order valence-corrected chi connectivity index (χ0v) is 11.7. The molecule has 2 unspecified atom stereocenters. The Hall–Kier alpha value is -1.10. The van der Waals surface area contributed by atoms with E-state index in [-0.39, 0.29) is 5.92 Å². The van der Waals surface area contributed by atoms with Gasteiger partial charge >= 0.3 is 0 Å². The fraction of sp³-hybridized carbons (Fsp3) is 0.600. The van der Waals surface area contributed by atoms with Crippen LogP contribution in [-0.4, -0.2) is 38.5 Å². The molecule has 0 radical (unpaired) electrons. The Morgan fingerprint density at radius 3 is 2.89 bits per heavy atom. The lowest BCUT2D eigenvalue weighted by Gasteiger charge is -2.39. The summed E-state index contributed by atoms with van der Waals surface area (Å²) in [7, 11) is 1.65. The Morgan fingerprint density at radius 1 is 1.37 bits per heavy atom. The van der Waals surface area contributed by atoms with E-state index in [1.165, 1.54) is 0 Å². The van der Waals surface area contributed by atoms with Gasteiger partial charge in [-0.3, -0.25) is 0 Å². The maximum Gasteiger partial charge on any atom is 0.125 e. The van der Waals surface area contributed by atoms with Crippen molar-refractivity contribution in [2.75, 3.05) is 33.4 Å². The number of rotatable bonds is 5. The van der Waals surface area contributed by atoms with E-state index < -0.39 is 5.60 Å². The monoisotopic (exact) mass is 265 g/mol. The van der Waals surface area contributed by atoms with E-state index in [2.05, 4.69) is 12.2 Å². The van der Waals surface area contributed by atoms with Crippen LogP contribution in [0.5, 0.6) is 5.75 Å². The van der Waals surface area contributed by atoms with E-state index in [0.717, 1.165) is 24.4 Å². The first kappa shape index (κ1) is 14.3. The van der Waals surface area contributed by atoms with Crippen LogP contribution in [-0.2, 0) is 10.3 Å².